The molecular weight excluding hydrogens is 220 g/mol. The summed E-state index contributed by atoms with van der Waals surface area (Å²) < 4.78 is 9.33. The maximum Gasteiger partial charge on any atom is 0.324 e. The molecule has 0 saturated carbocycles. The average Bonchev–Trinajstić information content (AvgIpc) is 2.35. The summed E-state index contributed by atoms with van der Waals surface area (Å²) in [6, 6.07) is 0. The molecule has 0 atom stereocenters. The van der Waals surface area contributed by atoms with Crippen LogP contribution in [-0.2, 0) is 19.1 Å². The Balaban J connectivity index is 5.17. The Morgan fingerprint density at radius 1 is 1.29 bits per heavy atom. The van der Waals surface area contributed by atoms with Gasteiger partial charge >= 0.3 is 11.9 Å². The summed E-state index contributed by atoms with van der Waals surface area (Å²) in [6.45, 7) is 1.86. The van der Waals surface area contributed by atoms with Gasteiger partial charge < -0.3 is 9.47 Å². The molecule has 0 saturated heterocycles. The molecule has 0 aromatic rings. The van der Waals surface area contributed by atoms with Crippen molar-refractivity contribution in [3.8, 4) is 12.3 Å². The quantitative estimate of drug-likeness (QED) is 0.306. The number of hydrogen-bond donors (Lipinski definition) is 0. The first kappa shape index (κ1) is 15.2. The van der Waals surface area contributed by atoms with Gasteiger partial charge in [-0.25, -0.2) is 0 Å². The second-order valence-corrected chi connectivity index (χ2v) is 3.55. The molecule has 0 fully saturated rings. The van der Waals surface area contributed by atoms with Crippen LogP contribution < -0.4 is 0 Å². The number of rotatable bonds is 6. The number of methoxy groups -OCH3 is 2. The fraction of sp³-hybridized carbons (Fsp3) is 0.538. The zero-order valence-electron chi connectivity index (χ0n) is 10.5. The van der Waals surface area contributed by atoms with E-state index >= 15 is 0 Å². The first-order valence-corrected chi connectivity index (χ1v) is 5.30. The van der Waals surface area contributed by atoms with E-state index in [4.69, 9.17) is 6.42 Å². The van der Waals surface area contributed by atoms with Crippen LogP contribution in [0.3, 0.4) is 0 Å². The molecule has 0 aliphatic carbocycles. The predicted molar refractivity (Wildman–Crippen MR) is 64.0 cm³/mol. The van der Waals surface area contributed by atoms with Crippen molar-refractivity contribution in [1.29, 1.82) is 0 Å². The van der Waals surface area contributed by atoms with E-state index in [1.807, 2.05) is 19.1 Å². The Bertz CT molecular complexity index is 320. The van der Waals surface area contributed by atoms with Gasteiger partial charge in [-0.2, -0.15) is 0 Å². The Morgan fingerprint density at radius 2 is 1.82 bits per heavy atom. The number of ether oxygens (including phenoxy) is 2. The van der Waals surface area contributed by atoms with Crippen LogP contribution in [0.25, 0.3) is 0 Å². The van der Waals surface area contributed by atoms with Crippen LogP contribution in [0.1, 0.15) is 26.2 Å². The fourth-order valence-corrected chi connectivity index (χ4v) is 1.58. The molecule has 0 aromatic heterocycles. The Kier molecular flexibility index (Phi) is 6.73. The normalized spacial score (nSPS) is 10.9. The highest BCUT2D eigenvalue weighted by molar-refractivity contribution is 6.00. The summed E-state index contributed by atoms with van der Waals surface area (Å²) in [5.41, 5.74) is -1.39. The topological polar surface area (TPSA) is 52.6 Å². The van der Waals surface area contributed by atoms with E-state index in [-0.39, 0.29) is 12.8 Å². The van der Waals surface area contributed by atoms with Crippen molar-refractivity contribution in [1.82, 2.24) is 0 Å². The van der Waals surface area contributed by atoms with Crippen molar-refractivity contribution in [3.63, 3.8) is 0 Å². The minimum absolute atomic E-state index is 0.0239. The molecule has 0 heterocycles. The van der Waals surface area contributed by atoms with Crippen molar-refractivity contribution >= 4 is 11.9 Å². The first-order chi connectivity index (χ1) is 8.08. The fourth-order valence-electron chi connectivity index (χ4n) is 1.58. The Hall–Kier alpha value is -1.76. The Labute approximate surface area is 102 Å². The molecule has 4 heteroatoms. The summed E-state index contributed by atoms with van der Waals surface area (Å²) in [6.07, 6.45) is 9.73. The lowest BCUT2D eigenvalue weighted by molar-refractivity contribution is -0.169. The molecule has 0 bridgehead atoms. The maximum absolute atomic E-state index is 11.8. The van der Waals surface area contributed by atoms with E-state index in [9.17, 15) is 9.59 Å². The lowest BCUT2D eigenvalue weighted by atomic mass is 9.80. The van der Waals surface area contributed by atoms with Gasteiger partial charge in [0.05, 0.1) is 14.2 Å². The SMILES string of the molecule is C#CCC(CC/C=C/C)(C(=O)OC)C(=O)OC. The molecule has 0 aliphatic rings. The van der Waals surface area contributed by atoms with Gasteiger partial charge in [-0.1, -0.05) is 12.2 Å². The molecule has 0 aromatic carbocycles. The van der Waals surface area contributed by atoms with E-state index in [2.05, 4.69) is 15.4 Å². The van der Waals surface area contributed by atoms with E-state index in [1.165, 1.54) is 14.2 Å². The number of allylic oxidation sites excluding steroid dienone is 2. The molecule has 94 valence electrons. The third-order valence-electron chi connectivity index (χ3n) is 2.53. The lowest BCUT2D eigenvalue weighted by Crippen LogP contribution is -2.41. The highest BCUT2D eigenvalue weighted by atomic mass is 16.5. The van der Waals surface area contributed by atoms with Gasteiger partial charge in [0.25, 0.3) is 0 Å². The monoisotopic (exact) mass is 238 g/mol. The van der Waals surface area contributed by atoms with Gasteiger partial charge in [-0.3, -0.25) is 9.59 Å². The molecule has 0 amide bonds. The molecule has 4 nitrogen and oxygen atoms in total. The lowest BCUT2D eigenvalue weighted by Gasteiger charge is -2.25. The zero-order chi connectivity index (χ0) is 13.3. The summed E-state index contributed by atoms with van der Waals surface area (Å²) in [5, 5.41) is 0. The number of esters is 2. The van der Waals surface area contributed by atoms with Crippen LogP contribution >= 0.6 is 0 Å². The summed E-state index contributed by atoms with van der Waals surface area (Å²) in [4.78, 5) is 23.6. The molecule has 0 aliphatic heterocycles. The number of hydrogen-bond acceptors (Lipinski definition) is 4. The first-order valence-electron chi connectivity index (χ1n) is 5.30. The Morgan fingerprint density at radius 3 is 2.18 bits per heavy atom. The third kappa shape index (κ3) is 3.63. The molecule has 17 heavy (non-hydrogen) atoms. The van der Waals surface area contributed by atoms with Crippen LogP contribution in [0.15, 0.2) is 12.2 Å². The van der Waals surface area contributed by atoms with Crippen molar-refractivity contribution in [2.45, 2.75) is 26.2 Å². The number of carbonyl (C=O) groups is 2. The molecule has 0 radical (unpaired) electrons. The highest BCUT2D eigenvalue weighted by Crippen LogP contribution is 2.31. The predicted octanol–water partition coefficient (Wildman–Crippen LogP) is 1.70. The van der Waals surface area contributed by atoms with E-state index in [0.717, 1.165) is 0 Å². The smallest absolute Gasteiger partial charge is 0.324 e. The maximum atomic E-state index is 11.8. The standard InChI is InChI=1S/C13H18O4/c1-5-7-8-10-13(9-6-2,11(14)16-3)12(15)17-4/h2,5,7H,8-10H2,1,3-4H3/b7-5+. The minimum atomic E-state index is -1.39. The van der Waals surface area contributed by atoms with Crippen LogP contribution in [0.2, 0.25) is 0 Å². The van der Waals surface area contributed by atoms with Crippen LogP contribution in [0.5, 0.6) is 0 Å². The van der Waals surface area contributed by atoms with E-state index < -0.39 is 17.4 Å². The van der Waals surface area contributed by atoms with Gasteiger partial charge in [0.1, 0.15) is 0 Å². The summed E-state index contributed by atoms with van der Waals surface area (Å²) in [5.74, 6) is 1.05. The van der Waals surface area contributed by atoms with E-state index in [0.29, 0.717) is 6.42 Å². The van der Waals surface area contributed by atoms with Crippen LogP contribution in [0.4, 0.5) is 0 Å². The van der Waals surface area contributed by atoms with Crippen molar-refractivity contribution in [3.05, 3.63) is 12.2 Å². The van der Waals surface area contributed by atoms with Gasteiger partial charge in [-0.05, 0) is 19.8 Å². The van der Waals surface area contributed by atoms with Gasteiger partial charge in [-0.15, -0.1) is 12.3 Å². The van der Waals surface area contributed by atoms with Gasteiger partial charge in [0.15, 0.2) is 5.41 Å². The highest BCUT2D eigenvalue weighted by Gasteiger charge is 2.47. The average molecular weight is 238 g/mol. The molecule has 0 rings (SSSR count). The largest absolute Gasteiger partial charge is 0.468 e. The molecule has 0 N–H and O–H groups in total. The van der Waals surface area contributed by atoms with Crippen LogP contribution in [0, 0.1) is 17.8 Å². The van der Waals surface area contributed by atoms with Crippen molar-refractivity contribution in [2.75, 3.05) is 14.2 Å². The van der Waals surface area contributed by atoms with Crippen molar-refractivity contribution < 1.29 is 19.1 Å². The second-order valence-electron chi connectivity index (χ2n) is 3.55. The molecule has 0 unspecified atom stereocenters. The summed E-state index contributed by atoms with van der Waals surface area (Å²) in [7, 11) is 2.46. The van der Waals surface area contributed by atoms with Gasteiger partial charge in [0, 0.05) is 6.42 Å². The van der Waals surface area contributed by atoms with Crippen molar-refractivity contribution in [2.24, 2.45) is 5.41 Å². The second kappa shape index (κ2) is 7.50. The van der Waals surface area contributed by atoms with Gasteiger partial charge in [0.2, 0.25) is 0 Å². The van der Waals surface area contributed by atoms with E-state index in [1.54, 1.807) is 0 Å². The van der Waals surface area contributed by atoms with Crippen LogP contribution in [-0.4, -0.2) is 26.2 Å². The molecule has 0 spiro atoms. The minimum Gasteiger partial charge on any atom is -0.468 e. The number of terminal acetylenes is 1. The zero-order valence-corrected chi connectivity index (χ0v) is 10.5. The number of carbonyl (C=O) groups excluding carboxylic acids is 2. The summed E-state index contributed by atoms with van der Waals surface area (Å²) >= 11 is 0. The molecular formula is C13H18O4. The third-order valence-corrected chi connectivity index (χ3v) is 2.53.